The molecule has 1 heterocycles. The smallest absolute Gasteiger partial charge is 0.277 e. The molecule has 0 spiro atoms. The highest BCUT2D eigenvalue weighted by Crippen LogP contribution is 2.33. The zero-order chi connectivity index (χ0) is 12.4. The van der Waals surface area contributed by atoms with Gasteiger partial charge in [0.2, 0.25) is 0 Å². The van der Waals surface area contributed by atoms with Gasteiger partial charge in [-0.25, -0.2) is 8.78 Å². The molecule has 0 aliphatic carbocycles. The molecule has 7 heteroatoms. The molecule has 0 saturated carbocycles. The molecule has 2 atom stereocenters. The molecule has 90 valence electrons. The summed E-state index contributed by atoms with van der Waals surface area (Å²) in [7, 11) is 0. The number of ether oxygens (including phenoxy) is 2. The summed E-state index contributed by atoms with van der Waals surface area (Å²) in [6, 6.07) is -1.64. The van der Waals surface area contributed by atoms with E-state index in [2.05, 4.69) is 16.6 Å². The zero-order valence-electron chi connectivity index (χ0n) is 9.06. The topological polar surface area (TPSA) is 67.2 Å². The fraction of sp³-hybridized carbons (Fsp3) is 0.778. The number of alkyl halides is 2. The van der Waals surface area contributed by atoms with Gasteiger partial charge < -0.3 is 9.47 Å². The van der Waals surface area contributed by atoms with Crippen LogP contribution < -0.4 is 0 Å². The van der Waals surface area contributed by atoms with Gasteiger partial charge in [0.15, 0.2) is 5.79 Å². The van der Waals surface area contributed by atoms with Crippen molar-refractivity contribution in [1.82, 2.24) is 0 Å². The lowest BCUT2D eigenvalue weighted by Gasteiger charge is -2.25. The van der Waals surface area contributed by atoms with Crippen LogP contribution in [0.4, 0.5) is 8.78 Å². The predicted octanol–water partition coefficient (Wildman–Crippen LogP) is 2.64. The van der Waals surface area contributed by atoms with E-state index in [1.54, 1.807) is 13.8 Å². The summed E-state index contributed by atoms with van der Waals surface area (Å²) in [4.78, 5) is 2.40. The summed E-state index contributed by atoms with van der Waals surface area (Å²) in [5.41, 5.74) is 8.28. The molecule has 0 unspecified atom stereocenters. The standard InChI is InChI=1S/C9H13F2N3O2/c1-4-9(10,11)7(13-14-12)6-5-15-8(2,3)16-6/h4,6-7H,1,5H2,2-3H3/t6-,7+/m1/s1. The lowest BCUT2D eigenvalue weighted by molar-refractivity contribution is -0.149. The van der Waals surface area contributed by atoms with E-state index in [1.807, 2.05) is 0 Å². The Balaban J connectivity index is 2.88. The summed E-state index contributed by atoms with van der Waals surface area (Å²) < 4.78 is 37.2. The highest BCUT2D eigenvalue weighted by atomic mass is 19.3. The molecular weight excluding hydrogens is 220 g/mol. The highest BCUT2D eigenvalue weighted by Gasteiger charge is 2.47. The van der Waals surface area contributed by atoms with Crippen molar-refractivity contribution in [2.24, 2.45) is 5.11 Å². The molecular formula is C9H13F2N3O2. The molecule has 1 aliphatic heterocycles. The maximum Gasteiger partial charge on any atom is 0.277 e. The minimum atomic E-state index is -3.32. The fourth-order valence-corrected chi connectivity index (χ4v) is 1.45. The molecule has 1 saturated heterocycles. The Morgan fingerprint density at radius 2 is 2.31 bits per heavy atom. The lowest BCUT2D eigenvalue weighted by atomic mass is 10.1. The number of azide groups is 1. The average Bonchev–Trinajstić information content (AvgIpc) is 2.54. The van der Waals surface area contributed by atoms with E-state index >= 15 is 0 Å². The van der Waals surface area contributed by atoms with Crippen LogP contribution in [0.15, 0.2) is 17.8 Å². The second kappa shape index (κ2) is 4.37. The first-order valence-corrected chi connectivity index (χ1v) is 4.70. The van der Waals surface area contributed by atoms with E-state index in [0.29, 0.717) is 6.08 Å². The number of hydrogen-bond donors (Lipinski definition) is 0. The maximum absolute atomic E-state index is 13.4. The van der Waals surface area contributed by atoms with Crippen molar-refractivity contribution in [2.75, 3.05) is 6.61 Å². The van der Waals surface area contributed by atoms with Crippen LogP contribution in [-0.2, 0) is 9.47 Å². The van der Waals surface area contributed by atoms with Crippen molar-refractivity contribution in [2.45, 2.75) is 37.7 Å². The van der Waals surface area contributed by atoms with Gasteiger partial charge in [-0.2, -0.15) is 0 Å². The average molecular weight is 233 g/mol. The van der Waals surface area contributed by atoms with Crippen molar-refractivity contribution < 1.29 is 18.3 Å². The SMILES string of the molecule is C=CC(F)(F)[C@@H](N=[N+]=[N-])[C@H]1COC(C)(C)O1. The molecule has 0 aromatic rings. The first-order valence-electron chi connectivity index (χ1n) is 4.70. The van der Waals surface area contributed by atoms with Gasteiger partial charge in [0.25, 0.3) is 5.92 Å². The number of halogens is 2. The Morgan fingerprint density at radius 1 is 1.69 bits per heavy atom. The Bertz CT molecular complexity index is 327. The van der Waals surface area contributed by atoms with E-state index < -0.39 is 23.9 Å². The van der Waals surface area contributed by atoms with E-state index in [-0.39, 0.29) is 6.61 Å². The van der Waals surface area contributed by atoms with Crippen LogP contribution in [0, 0.1) is 0 Å². The third-order valence-corrected chi connectivity index (χ3v) is 2.23. The van der Waals surface area contributed by atoms with Crippen LogP contribution in [0.3, 0.4) is 0 Å². The Hall–Kier alpha value is -1.17. The zero-order valence-corrected chi connectivity index (χ0v) is 9.06. The fourth-order valence-electron chi connectivity index (χ4n) is 1.45. The van der Waals surface area contributed by atoms with Crippen LogP contribution in [0.5, 0.6) is 0 Å². The summed E-state index contributed by atoms with van der Waals surface area (Å²) in [5, 5.41) is 3.07. The summed E-state index contributed by atoms with van der Waals surface area (Å²) in [6.45, 7) is 6.18. The largest absolute Gasteiger partial charge is 0.348 e. The van der Waals surface area contributed by atoms with E-state index in [9.17, 15) is 8.78 Å². The van der Waals surface area contributed by atoms with E-state index in [1.165, 1.54) is 0 Å². The van der Waals surface area contributed by atoms with E-state index in [0.717, 1.165) is 0 Å². The molecule has 0 aromatic carbocycles. The second-order valence-electron chi connectivity index (χ2n) is 3.90. The number of nitrogens with zero attached hydrogens (tertiary/aromatic N) is 3. The van der Waals surface area contributed by atoms with Crippen LogP contribution >= 0.6 is 0 Å². The van der Waals surface area contributed by atoms with Gasteiger partial charge in [0.1, 0.15) is 6.04 Å². The first-order chi connectivity index (χ1) is 7.32. The van der Waals surface area contributed by atoms with Crippen molar-refractivity contribution in [1.29, 1.82) is 0 Å². The van der Waals surface area contributed by atoms with Crippen molar-refractivity contribution in [3.8, 4) is 0 Å². The second-order valence-corrected chi connectivity index (χ2v) is 3.90. The predicted molar refractivity (Wildman–Crippen MR) is 53.0 cm³/mol. The number of rotatable bonds is 4. The minimum absolute atomic E-state index is 0.0416. The molecule has 1 fully saturated rings. The molecule has 1 aliphatic rings. The van der Waals surface area contributed by atoms with Crippen molar-refractivity contribution in [3.05, 3.63) is 23.1 Å². The maximum atomic E-state index is 13.4. The summed E-state index contributed by atoms with van der Waals surface area (Å²) in [6.07, 6.45) is -0.528. The molecule has 5 nitrogen and oxygen atoms in total. The summed E-state index contributed by atoms with van der Waals surface area (Å²) >= 11 is 0. The first kappa shape index (κ1) is 12.9. The monoisotopic (exact) mass is 233 g/mol. The molecule has 16 heavy (non-hydrogen) atoms. The number of hydrogen-bond acceptors (Lipinski definition) is 3. The molecule has 1 rings (SSSR count). The van der Waals surface area contributed by atoms with Gasteiger partial charge in [-0.15, -0.1) is 0 Å². The Morgan fingerprint density at radius 3 is 2.69 bits per heavy atom. The summed E-state index contributed by atoms with van der Waals surface area (Å²) in [5.74, 6) is -4.26. The normalized spacial score (nSPS) is 25.9. The molecule has 0 radical (unpaired) electrons. The third-order valence-electron chi connectivity index (χ3n) is 2.23. The van der Waals surface area contributed by atoms with Crippen molar-refractivity contribution in [3.63, 3.8) is 0 Å². The van der Waals surface area contributed by atoms with Crippen LogP contribution in [0.2, 0.25) is 0 Å². The lowest BCUT2D eigenvalue weighted by Crippen LogP contribution is -2.41. The highest BCUT2D eigenvalue weighted by molar-refractivity contribution is 5.02. The molecule has 0 amide bonds. The van der Waals surface area contributed by atoms with Gasteiger partial charge >= 0.3 is 0 Å². The molecule has 0 N–H and O–H groups in total. The van der Waals surface area contributed by atoms with Crippen LogP contribution in [0.1, 0.15) is 13.8 Å². The molecule has 0 aromatic heterocycles. The van der Waals surface area contributed by atoms with Crippen molar-refractivity contribution >= 4 is 0 Å². The minimum Gasteiger partial charge on any atom is -0.348 e. The Labute approximate surface area is 91.7 Å². The van der Waals surface area contributed by atoms with Gasteiger partial charge in [-0.3, -0.25) is 0 Å². The van der Waals surface area contributed by atoms with Crippen LogP contribution in [0.25, 0.3) is 10.4 Å². The van der Waals surface area contributed by atoms with Gasteiger partial charge in [-0.1, -0.05) is 11.7 Å². The Kier molecular flexibility index (Phi) is 3.52. The quantitative estimate of drug-likeness (QED) is 0.324. The third kappa shape index (κ3) is 2.69. The molecule has 0 bridgehead atoms. The van der Waals surface area contributed by atoms with Gasteiger partial charge in [-0.05, 0) is 25.5 Å². The van der Waals surface area contributed by atoms with Crippen LogP contribution in [-0.4, -0.2) is 30.5 Å². The van der Waals surface area contributed by atoms with E-state index in [4.69, 9.17) is 15.0 Å². The van der Waals surface area contributed by atoms with Gasteiger partial charge in [0, 0.05) is 4.91 Å². The van der Waals surface area contributed by atoms with Gasteiger partial charge in [0.05, 0.1) is 12.7 Å².